The molecular formula is C7H13NO2. The Morgan fingerprint density at radius 2 is 2.00 bits per heavy atom. The summed E-state index contributed by atoms with van der Waals surface area (Å²) in [6, 6.07) is 0. The average Bonchev–Trinajstić information content (AvgIpc) is 1.57. The van der Waals surface area contributed by atoms with Gasteiger partial charge in [0.15, 0.2) is 0 Å². The summed E-state index contributed by atoms with van der Waals surface area (Å²) in [4.78, 5) is 12.8. The summed E-state index contributed by atoms with van der Waals surface area (Å²) in [7, 11) is 0. The first-order valence-electron chi connectivity index (χ1n) is 3.53. The van der Waals surface area contributed by atoms with Crippen molar-refractivity contribution in [1.82, 2.24) is 4.90 Å². The molecule has 1 saturated heterocycles. The highest BCUT2D eigenvalue weighted by Crippen LogP contribution is 2.13. The Kier molecular flexibility index (Phi) is 1.68. The predicted molar refractivity (Wildman–Crippen MR) is 37.5 cm³/mol. The van der Waals surface area contributed by atoms with E-state index < -0.39 is 5.60 Å². The van der Waals surface area contributed by atoms with Crippen molar-refractivity contribution in [2.45, 2.75) is 25.9 Å². The molecule has 1 aliphatic rings. The van der Waals surface area contributed by atoms with E-state index in [2.05, 4.69) is 0 Å². The lowest BCUT2D eigenvalue weighted by Gasteiger charge is -2.35. The Labute approximate surface area is 60.6 Å². The first-order chi connectivity index (χ1) is 4.52. The quantitative estimate of drug-likeness (QED) is 0.561. The molecule has 3 heteroatoms. The van der Waals surface area contributed by atoms with Gasteiger partial charge in [-0.05, 0) is 20.3 Å². The van der Waals surface area contributed by atoms with Crippen LogP contribution in [0.15, 0.2) is 0 Å². The van der Waals surface area contributed by atoms with Crippen LogP contribution in [0.4, 0.5) is 0 Å². The second-order valence-corrected chi connectivity index (χ2v) is 3.20. The highest BCUT2D eigenvalue weighted by molar-refractivity contribution is 5.84. The van der Waals surface area contributed by atoms with Crippen LogP contribution in [-0.2, 0) is 4.79 Å². The molecule has 10 heavy (non-hydrogen) atoms. The van der Waals surface area contributed by atoms with Crippen LogP contribution in [0, 0.1) is 0 Å². The zero-order valence-corrected chi connectivity index (χ0v) is 6.42. The highest BCUT2D eigenvalue weighted by atomic mass is 16.3. The Hall–Kier alpha value is -0.570. The molecule has 58 valence electrons. The van der Waals surface area contributed by atoms with Crippen LogP contribution in [0.2, 0.25) is 0 Å². The van der Waals surface area contributed by atoms with Crippen molar-refractivity contribution >= 4 is 5.91 Å². The maximum absolute atomic E-state index is 11.1. The molecule has 0 aromatic rings. The average molecular weight is 143 g/mol. The van der Waals surface area contributed by atoms with E-state index in [1.165, 1.54) is 13.8 Å². The van der Waals surface area contributed by atoms with Crippen molar-refractivity contribution in [3.8, 4) is 0 Å². The molecular weight excluding hydrogens is 130 g/mol. The molecule has 1 fully saturated rings. The molecule has 0 radical (unpaired) electrons. The number of hydrogen-bond donors (Lipinski definition) is 1. The lowest BCUT2D eigenvalue weighted by molar-refractivity contribution is -0.151. The fraction of sp³-hybridized carbons (Fsp3) is 0.857. The van der Waals surface area contributed by atoms with Crippen LogP contribution in [0.3, 0.4) is 0 Å². The minimum Gasteiger partial charge on any atom is -0.381 e. The molecule has 0 aliphatic carbocycles. The zero-order valence-electron chi connectivity index (χ0n) is 6.42. The van der Waals surface area contributed by atoms with Gasteiger partial charge in [-0.25, -0.2) is 0 Å². The molecule has 3 nitrogen and oxygen atoms in total. The molecule has 0 unspecified atom stereocenters. The second-order valence-electron chi connectivity index (χ2n) is 3.20. The van der Waals surface area contributed by atoms with Gasteiger partial charge in [-0.15, -0.1) is 0 Å². The van der Waals surface area contributed by atoms with Crippen LogP contribution in [0.5, 0.6) is 0 Å². The number of nitrogens with zero attached hydrogens (tertiary/aromatic N) is 1. The topological polar surface area (TPSA) is 40.5 Å². The van der Waals surface area contributed by atoms with E-state index in [4.69, 9.17) is 0 Å². The third kappa shape index (κ3) is 1.29. The van der Waals surface area contributed by atoms with E-state index in [1.807, 2.05) is 0 Å². The predicted octanol–water partition coefficient (Wildman–Crippen LogP) is -0.0104. The molecule has 0 atom stereocenters. The van der Waals surface area contributed by atoms with Gasteiger partial charge in [0.1, 0.15) is 5.60 Å². The van der Waals surface area contributed by atoms with E-state index in [0.717, 1.165) is 19.5 Å². The fourth-order valence-corrected chi connectivity index (χ4v) is 0.906. The summed E-state index contributed by atoms with van der Waals surface area (Å²) < 4.78 is 0. The van der Waals surface area contributed by atoms with Crippen LogP contribution >= 0.6 is 0 Å². The van der Waals surface area contributed by atoms with E-state index in [1.54, 1.807) is 4.90 Å². The third-order valence-corrected chi connectivity index (χ3v) is 1.67. The number of carbonyl (C=O) groups excluding carboxylic acids is 1. The Morgan fingerprint density at radius 3 is 2.10 bits per heavy atom. The monoisotopic (exact) mass is 143 g/mol. The summed E-state index contributed by atoms with van der Waals surface area (Å²) >= 11 is 0. The number of aliphatic hydroxyl groups is 1. The van der Waals surface area contributed by atoms with Crippen molar-refractivity contribution in [3.63, 3.8) is 0 Å². The van der Waals surface area contributed by atoms with Crippen molar-refractivity contribution < 1.29 is 9.90 Å². The molecule has 0 aromatic carbocycles. The van der Waals surface area contributed by atoms with Crippen molar-refractivity contribution in [2.75, 3.05) is 13.1 Å². The van der Waals surface area contributed by atoms with Gasteiger partial charge in [0, 0.05) is 13.1 Å². The van der Waals surface area contributed by atoms with Gasteiger partial charge in [0.05, 0.1) is 0 Å². The Bertz CT molecular complexity index is 144. The summed E-state index contributed by atoms with van der Waals surface area (Å²) in [5.41, 5.74) is -1.18. The largest absolute Gasteiger partial charge is 0.381 e. The summed E-state index contributed by atoms with van der Waals surface area (Å²) in [5, 5.41) is 9.23. The summed E-state index contributed by atoms with van der Waals surface area (Å²) in [5.74, 6) is -0.154. The van der Waals surface area contributed by atoms with E-state index >= 15 is 0 Å². The maximum atomic E-state index is 11.1. The SMILES string of the molecule is CC(C)(O)C(=O)N1CCC1. The molecule has 0 aromatic heterocycles. The molecule has 1 rings (SSSR count). The molecule has 1 N–H and O–H groups in total. The lowest BCUT2D eigenvalue weighted by atomic mass is 10.1. The molecule has 0 bridgehead atoms. The fourth-order valence-electron chi connectivity index (χ4n) is 0.906. The van der Waals surface area contributed by atoms with Gasteiger partial charge in [-0.1, -0.05) is 0 Å². The highest BCUT2D eigenvalue weighted by Gasteiger charge is 2.31. The number of hydrogen-bond acceptors (Lipinski definition) is 2. The van der Waals surface area contributed by atoms with Gasteiger partial charge >= 0.3 is 0 Å². The van der Waals surface area contributed by atoms with Crippen LogP contribution in [0.25, 0.3) is 0 Å². The maximum Gasteiger partial charge on any atom is 0.253 e. The van der Waals surface area contributed by atoms with Gasteiger partial charge < -0.3 is 10.0 Å². The van der Waals surface area contributed by atoms with E-state index in [9.17, 15) is 9.90 Å². The van der Waals surface area contributed by atoms with Gasteiger partial charge in [-0.2, -0.15) is 0 Å². The van der Waals surface area contributed by atoms with E-state index in [0.29, 0.717) is 0 Å². The number of carbonyl (C=O) groups is 1. The first kappa shape index (κ1) is 7.54. The van der Waals surface area contributed by atoms with Gasteiger partial charge in [0.2, 0.25) is 0 Å². The summed E-state index contributed by atoms with van der Waals surface area (Å²) in [6.07, 6.45) is 1.07. The minimum absolute atomic E-state index is 0.154. The molecule has 1 aliphatic heterocycles. The molecule has 1 amide bonds. The standard InChI is InChI=1S/C7H13NO2/c1-7(2,10)6(9)8-4-3-5-8/h10H,3-5H2,1-2H3. The van der Waals surface area contributed by atoms with Crippen LogP contribution < -0.4 is 0 Å². The Balaban J connectivity index is 2.48. The normalized spacial score (nSPS) is 18.5. The number of likely N-dealkylation sites (tertiary alicyclic amines) is 1. The smallest absolute Gasteiger partial charge is 0.253 e. The number of rotatable bonds is 1. The van der Waals surface area contributed by atoms with Crippen LogP contribution in [0.1, 0.15) is 20.3 Å². The Morgan fingerprint density at radius 1 is 1.50 bits per heavy atom. The van der Waals surface area contributed by atoms with Gasteiger partial charge in [0.25, 0.3) is 5.91 Å². The summed E-state index contributed by atoms with van der Waals surface area (Å²) in [6.45, 7) is 4.66. The molecule has 0 saturated carbocycles. The third-order valence-electron chi connectivity index (χ3n) is 1.67. The molecule has 0 spiro atoms. The second kappa shape index (κ2) is 2.23. The number of amides is 1. The molecule has 1 heterocycles. The van der Waals surface area contributed by atoms with Gasteiger partial charge in [-0.3, -0.25) is 4.79 Å². The zero-order chi connectivity index (χ0) is 7.78. The van der Waals surface area contributed by atoms with Crippen molar-refractivity contribution in [3.05, 3.63) is 0 Å². The van der Waals surface area contributed by atoms with Crippen LogP contribution in [-0.4, -0.2) is 34.6 Å². The van der Waals surface area contributed by atoms with Crippen molar-refractivity contribution in [1.29, 1.82) is 0 Å². The van der Waals surface area contributed by atoms with Crippen molar-refractivity contribution in [2.24, 2.45) is 0 Å². The lowest BCUT2D eigenvalue weighted by Crippen LogP contribution is -2.51. The van der Waals surface area contributed by atoms with E-state index in [-0.39, 0.29) is 5.91 Å². The first-order valence-corrected chi connectivity index (χ1v) is 3.53. The minimum atomic E-state index is -1.18.